The Hall–Kier alpha value is -1.31. The summed E-state index contributed by atoms with van der Waals surface area (Å²) in [6.45, 7) is 1.82. The van der Waals surface area contributed by atoms with E-state index in [1.54, 1.807) is 0 Å². The van der Waals surface area contributed by atoms with Gasteiger partial charge in [-0.15, -0.1) is 0 Å². The molecule has 0 radical (unpaired) electrons. The first-order valence-corrected chi connectivity index (χ1v) is 6.10. The fraction of sp³-hybridized carbons (Fsp3) is 0.500. The SMILES string of the molecule is C/C(=N/O)c1ccc(C2CCCCC2)cc1. The third kappa shape index (κ3) is 2.43. The molecule has 0 aromatic heterocycles. The second kappa shape index (κ2) is 5.15. The minimum Gasteiger partial charge on any atom is -0.411 e. The van der Waals surface area contributed by atoms with Gasteiger partial charge in [-0.3, -0.25) is 0 Å². The van der Waals surface area contributed by atoms with Gasteiger partial charge in [0.1, 0.15) is 0 Å². The molecule has 1 aliphatic carbocycles. The van der Waals surface area contributed by atoms with Crippen LogP contribution in [0.4, 0.5) is 0 Å². The molecular weight excluding hydrogens is 198 g/mol. The van der Waals surface area contributed by atoms with E-state index in [0.29, 0.717) is 5.71 Å². The minimum absolute atomic E-state index is 0.676. The predicted octanol–water partition coefficient (Wildman–Crippen LogP) is 3.93. The number of rotatable bonds is 2. The Bertz CT molecular complexity index is 361. The van der Waals surface area contributed by atoms with E-state index < -0.39 is 0 Å². The molecule has 1 saturated carbocycles. The van der Waals surface area contributed by atoms with Gasteiger partial charge in [-0.2, -0.15) is 0 Å². The highest BCUT2D eigenvalue weighted by molar-refractivity contribution is 5.98. The van der Waals surface area contributed by atoms with Crippen molar-refractivity contribution in [2.24, 2.45) is 5.16 Å². The van der Waals surface area contributed by atoms with Crippen LogP contribution in [0, 0.1) is 0 Å². The smallest absolute Gasteiger partial charge is 0.0836 e. The van der Waals surface area contributed by atoms with Gasteiger partial charge < -0.3 is 5.21 Å². The van der Waals surface area contributed by atoms with Gasteiger partial charge >= 0.3 is 0 Å². The first-order valence-electron chi connectivity index (χ1n) is 6.10. The van der Waals surface area contributed by atoms with E-state index in [-0.39, 0.29) is 0 Å². The fourth-order valence-corrected chi connectivity index (χ4v) is 2.49. The highest BCUT2D eigenvalue weighted by Crippen LogP contribution is 2.32. The molecule has 2 rings (SSSR count). The lowest BCUT2D eigenvalue weighted by molar-refractivity contribution is 0.319. The maximum atomic E-state index is 8.69. The van der Waals surface area contributed by atoms with Crippen molar-refractivity contribution in [2.45, 2.75) is 44.9 Å². The van der Waals surface area contributed by atoms with Crippen LogP contribution in [0.25, 0.3) is 0 Å². The molecule has 2 heteroatoms. The average Bonchev–Trinajstić information content (AvgIpc) is 2.39. The summed E-state index contributed by atoms with van der Waals surface area (Å²) in [6.07, 6.45) is 6.77. The molecule has 0 amide bonds. The Kier molecular flexibility index (Phi) is 3.60. The maximum Gasteiger partial charge on any atom is 0.0836 e. The summed E-state index contributed by atoms with van der Waals surface area (Å²) in [4.78, 5) is 0. The van der Waals surface area contributed by atoms with Crippen LogP contribution in [-0.2, 0) is 0 Å². The van der Waals surface area contributed by atoms with E-state index in [0.717, 1.165) is 11.5 Å². The van der Waals surface area contributed by atoms with Crippen LogP contribution in [0.1, 0.15) is 56.1 Å². The molecule has 1 N–H and O–H groups in total. The highest BCUT2D eigenvalue weighted by atomic mass is 16.4. The van der Waals surface area contributed by atoms with Crippen molar-refractivity contribution >= 4 is 5.71 Å². The molecule has 16 heavy (non-hydrogen) atoms. The van der Waals surface area contributed by atoms with E-state index in [2.05, 4.69) is 29.4 Å². The van der Waals surface area contributed by atoms with Gasteiger partial charge in [-0.1, -0.05) is 48.7 Å². The molecule has 2 nitrogen and oxygen atoms in total. The average molecular weight is 217 g/mol. The van der Waals surface area contributed by atoms with Gasteiger partial charge in [0.15, 0.2) is 0 Å². The molecule has 1 aliphatic rings. The third-order valence-corrected chi connectivity index (χ3v) is 3.56. The van der Waals surface area contributed by atoms with Gasteiger partial charge in [0.25, 0.3) is 0 Å². The molecule has 0 unspecified atom stereocenters. The second-order valence-electron chi connectivity index (χ2n) is 4.64. The van der Waals surface area contributed by atoms with Crippen LogP contribution in [0.2, 0.25) is 0 Å². The summed E-state index contributed by atoms with van der Waals surface area (Å²) in [6, 6.07) is 8.47. The zero-order chi connectivity index (χ0) is 11.4. The molecular formula is C14H19NO. The van der Waals surface area contributed by atoms with Crippen molar-refractivity contribution in [1.29, 1.82) is 0 Å². The van der Waals surface area contributed by atoms with E-state index in [9.17, 15) is 0 Å². The quantitative estimate of drug-likeness (QED) is 0.454. The number of hydrogen-bond donors (Lipinski definition) is 1. The summed E-state index contributed by atoms with van der Waals surface area (Å²) < 4.78 is 0. The van der Waals surface area contributed by atoms with E-state index >= 15 is 0 Å². The van der Waals surface area contributed by atoms with Gasteiger partial charge in [0.2, 0.25) is 0 Å². The first kappa shape index (κ1) is 11.2. The zero-order valence-corrected chi connectivity index (χ0v) is 9.82. The van der Waals surface area contributed by atoms with E-state index in [1.165, 1.54) is 37.7 Å². The molecule has 1 aromatic carbocycles. The number of nitrogens with zero attached hydrogens (tertiary/aromatic N) is 1. The Morgan fingerprint density at radius 3 is 2.31 bits per heavy atom. The van der Waals surface area contributed by atoms with E-state index in [1.807, 2.05) is 6.92 Å². The molecule has 0 spiro atoms. The van der Waals surface area contributed by atoms with Crippen LogP contribution >= 0.6 is 0 Å². The molecule has 0 aliphatic heterocycles. The lowest BCUT2D eigenvalue weighted by Crippen LogP contribution is -2.04. The number of oxime groups is 1. The minimum atomic E-state index is 0.676. The van der Waals surface area contributed by atoms with Crippen molar-refractivity contribution < 1.29 is 5.21 Å². The number of benzene rings is 1. The van der Waals surface area contributed by atoms with Crippen LogP contribution in [0.3, 0.4) is 0 Å². The van der Waals surface area contributed by atoms with Gasteiger partial charge in [-0.25, -0.2) is 0 Å². The lowest BCUT2D eigenvalue weighted by Gasteiger charge is -2.22. The van der Waals surface area contributed by atoms with Gasteiger partial charge in [-0.05, 0) is 36.8 Å². The summed E-state index contributed by atoms with van der Waals surface area (Å²) in [7, 11) is 0. The van der Waals surface area contributed by atoms with Gasteiger partial charge in [0.05, 0.1) is 5.71 Å². The summed E-state index contributed by atoms with van der Waals surface area (Å²) >= 11 is 0. The fourth-order valence-electron chi connectivity index (χ4n) is 2.49. The first-order chi connectivity index (χ1) is 7.81. The highest BCUT2D eigenvalue weighted by Gasteiger charge is 2.15. The Morgan fingerprint density at radius 1 is 1.12 bits per heavy atom. The summed E-state index contributed by atoms with van der Waals surface area (Å²) in [5, 5.41) is 11.9. The van der Waals surface area contributed by atoms with Crippen molar-refractivity contribution in [3.05, 3.63) is 35.4 Å². The Labute approximate surface area is 97.0 Å². The molecule has 1 aromatic rings. The van der Waals surface area contributed by atoms with Crippen molar-refractivity contribution in [1.82, 2.24) is 0 Å². The van der Waals surface area contributed by atoms with Crippen LogP contribution in [0.15, 0.2) is 29.4 Å². The Balaban J connectivity index is 2.12. The molecule has 86 valence electrons. The molecule has 0 saturated heterocycles. The van der Waals surface area contributed by atoms with Crippen LogP contribution in [-0.4, -0.2) is 10.9 Å². The molecule has 0 atom stereocenters. The monoisotopic (exact) mass is 217 g/mol. The predicted molar refractivity (Wildman–Crippen MR) is 66.3 cm³/mol. The van der Waals surface area contributed by atoms with Crippen LogP contribution in [0.5, 0.6) is 0 Å². The topological polar surface area (TPSA) is 32.6 Å². The standard InChI is InChI=1S/C14H19NO/c1-11(15-16)12-7-9-14(10-8-12)13-5-3-2-4-6-13/h7-10,13,16H,2-6H2,1H3/b15-11-. The second-order valence-corrected chi connectivity index (χ2v) is 4.64. The summed E-state index contributed by atoms with van der Waals surface area (Å²) in [5.74, 6) is 0.745. The van der Waals surface area contributed by atoms with Crippen molar-refractivity contribution in [2.75, 3.05) is 0 Å². The lowest BCUT2D eigenvalue weighted by atomic mass is 9.84. The van der Waals surface area contributed by atoms with Crippen LogP contribution < -0.4 is 0 Å². The van der Waals surface area contributed by atoms with Gasteiger partial charge in [0, 0.05) is 0 Å². The molecule has 0 heterocycles. The maximum absolute atomic E-state index is 8.69. The largest absolute Gasteiger partial charge is 0.411 e. The molecule has 1 fully saturated rings. The normalized spacial score (nSPS) is 18.7. The zero-order valence-electron chi connectivity index (χ0n) is 9.82. The van der Waals surface area contributed by atoms with Crippen molar-refractivity contribution in [3.8, 4) is 0 Å². The number of hydrogen-bond acceptors (Lipinski definition) is 2. The Morgan fingerprint density at radius 2 is 1.75 bits per heavy atom. The van der Waals surface area contributed by atoms with E-state index in [4.69, 9.17) is 5.21 Å². The third-order valence-electron chi connectivity index (χ3n) is 3.56. The molecule has 0 bridgehead atoms. The summed E-state index contributed by atoms with van der Waals surface area (Å²) in [5.41, 5.74) is 3.12. The van der Waals surface area contributed by atoms with Crippen molar-refractivity contribution in [3.63, 3.8) is 0 Å².